The smallest absolute Gasteiger partial charge is 0.223 e. The summed E-state index contributed by atoms with van der Waals surface area (Å²) in [6.07, 6.45) is 6.24. The Morgan fingerprint density at radius 2 is 2.11 bits per heavy atom. The lowest BCUT2D eigenvalue weighted by molar-refractivity contribution is -0.129. The van der Waals surface area contributed by atoms with Gasteiger partial charge in [0.25, 0.3) is 0 Å². The molecule has 0 radical (unpaired) electrons. The molecule has 104 valence electrons. The number of hydrogen-bond acceptors (Lipinski definition) is 3. The zero-order chi connectivity index (χ0) is 13.0. The summed E-state index contributed by atoms with van der Waals surface area (Å²) in [5.41, 5.74) is 5.53. The summed E-state index contributed by atoms with van der Waals surface area (Å²) in [5, 5.41) is 3.20. The Hall–Kier alpha value is -0.610. The SMILES string of the molecule is CC1(NC(=O)C2CCC(CN)CC2)CCCOC1. The molecule has 0 aromatic carbocycles. The van der Waals surface area contributed by atoms with Crippen LogP contribution in [0.1, 0.15) is 45.4 Å². The van der Waals surface area contributed by atoms with Crippen molar-refractivity contribution in [2.24, 2.45) is 17.6 Å². The molecule has 1 atom stereocenters. The quantitative estimate of drug-likeness (QED) is 0.801. The molecule has 1 saturated carbocycles. The van der Waals surface area contributed by atoms with E-state index in [1.807, 2.05) is 0 Å². The molecule has 1 saturated heterocycles. The second-order valence-electron chi connectivity index (χ2n) is 6.16. The Morgan fingerprint density at radius 3 is 2.67 bits per heavy atom. The van der Waals surface area contributed by atoms with Crippen LogP contribution in [0.15, 0.2) is 0 Å². The number of rotatable bonds is 3. The van der Waals surface area contributed by atoms with Crippen molar-refractivity contribution >= 4 is 5.91 Å². The molecule has 18 heavy (non-hydrogen) atoms. The van der Waals surface area contributed by atoms with Crippen molar-refractivity contribution in [2.75, 3.05) is 19.8 Å². The molecule has 1 unspecified atom stereocenters. The van der Waals surface area contributed by atoms with Gasteiger partial charge in [-0.2, -0.15) is 0 Å². The third-order valence-corrected chi connectivity index (χ3v) is 4.41. The third kappa shape index (κ3) is 3.45. The van der Waals surface area contributed by atoms with Gasteiger partial charge in [-0.25, -0.2) is 0 Å². The summed E-state index contributed by atoms with van der Waals surface area (Å²) in [5.74, 6) is 1.03. The average molecular weight is 254 g/mol. The van der Waals surface area contributed by atoms with Gasteiger partial charge < -0.3 is 15.8 Å². The number of carbonyl (C=O) groups excluding carboxylic acids is 1. The molecule has 3 N–H and O–H groups in total. The fourth-order valence-corrected chi connectivity index (χ4v) is 3.09. The van der Waals surface area contributed by atoms with Crippen molar-refractivity contribution in [1.29, 1.82) is 0 Å². The van der Waals surface area contributed by atoms with E-state index in [-0.39, 0.29) is 17.4 Å². The molecular weight excluding hydrogens is 228 g/mol. The van der Waals surface area contributed by atoms with E-state index in [1.54, 1.807) is 0 Å². The van der Waals surface area contributed by atoms with E-state index >= 15 is 0 Å². The fourth-order valence-electron chi connectivity index (χ4n) is 3.09. The molecule has 1 aliphatic heterocycles. The highest BCUT2D eigenvalue weighted by molar-refractivity contribution is 5.79. The van der Waals surface area contributed by atoms with Crippen LogP contribution < -0.4 is 11.1 Å². The summed E-state index contributed by atoms with van der Waals surface area (Å²) in [7, 11) is 0. The summed E-state index contributed by atoms with van der Waals surface area (Å²) in [6, 6.07) is 0. The van der Waals surface area contributed by atoms with Crippen molar-refractivity contribution in [2.45, 2.75) is 51.0 Å². The van der Waals surface area contributed by atoms with Crippen LogP contribution in [0.3, 0.4) is 0 Å². The van der Waals surface area contributed by atoms with E-state index in [2.05, 4.69) is 12.2 Å². The number of amides is 1. The van der Waals surface area contributed by atoms with Crippen molar-refractivity contribution in [1.82, 2.24) is 5.32 Å². The van der Waals surface area contributed by atoms with E-state index < -0.39 is 0 Å². The zero-order valence-corrected chi connectivity index (χ0v) is 11.4. The summed E-state index contributed by atoms with van der Waals surface area (Å²) in [4.78, 5) is 12.3. The first-order chi connectivity index (χ1) is 8.63. The molecule has 2 aliphatic rings. The number of carbonyl (C=O) groups is 1. The van der Waals surface area contributed by atoms with Crippen LogP contribution in [0, 0.1) is 11.8 Å². The second kappa shape index (κ2) is 6.02. The molecule has 0 spiro atoms. The summed E-state index contributed by atoms with van der Waals surface area (Å²) in [6.45, 7) is 4.33. The van der Waals surface area contributed by atoms with Crippen LogP contribution >= 0.6 is 0 Å². The monoisotopic (exact) mass is 254 g/mol. The molecule has 4 heteroatoms. The van der Waals surface area contributed by atoms with Crippen molar-refractivity contribution < 1.29 is 9.53 Å². The van der Waals surface area contributed by atoms with E-state index in [0.29, 0.717) is 12.5 Å². The van der Waals surface area contributed by atoms with Gasteiger partial charge >= 0.3 is 0 Å². The topological polar surface area (TPSA) is 64.4 Å². The zero-order valence-electron chi connectivity index (χ0n) is 11.4. The maximum Gasteiger partial charge on any atom is 0.223 e. The Kier molecular flexibility index (Phi) is 4.62. The number of hydrogen-bond donors (Lipinski definition) is 2. The van der Waals surface area contributed by atoms with Crippen LogP contribution in [0.25, 0.3) is 0 Å². The predicted molar refractivity (Wildman–Crippen MR) is 71.1 cm³/mol. The van der Waals surface area contributed by atoms with Gasteiger partial charge in [-0.05, 0) is 57.9 Å². The molecule has 4 nitrogen and oxygen atoms in total. The van der Waals surface area contributed by atoms with Crippen molar-refractivity contribution in [3.05, 3.63) is 0 Å². The first-order valence-electron chi connectivity index (χ1n) is 7.23. The number of nitrogens with one attached hydrogen (secondary N) is 1. The van der Waals surface area contributed by atoms with Crippen LogP contribution in [-0.2, 0) is 9.53 Å². The predicted octanol–water partition coefficient (Wildman–Crippen LogP) is 1.44. The van der Waals surface area contributed by atoms with Gasteiger partial charge in [0.2, 0.25) is 5.91 Å². The normalized spacial score (nSPS) is 37.2. The van der Waals surface area contributed by atoms with E-state index in [0.717, 1.165) is 51.7 Å². The van der Waals surface area contributed by atoms with E-state index in [1.165, 1.54) is 0 Å². The summed E-state index contributed by atoms with van der Waals surface area (Å²) >= 11 is 0. The van der Waals surface area contributed by atoms with Gasteiger partial charge in [0.15, 0.2) is 0 Å². The van der Waals surface area contributed by atoms with Gasteiger partial charge in [0.05, 0.1) is 12.1 Å². The minimum absolute atomic E-state index is 0.153. The molecule has 1 amide bonds. The summed E-state index contributed by atoms with van der Waals surface area (Å²) < 4.78 is 5.48. The Morgan fingerprint density at radius 1 is 1.39 bits per heavy atom. The highest BCUT2D eigenvalue weighted by Crippen LogP contribution is 2.29. The maximum atomic E-state index is 12.3. The maximum absolute atomic E-state index is 12.3. The molecule has 2 fully saturated rings. The molecule has 1 heterocycles. The Balaban J connectivity index is 1.81. The van der Waals surface area contributed by atoms with Gasteiger partial charge in [0, 0.05) is 12.5 Å². The number of ether oxygens (including phenoxy) is 1. The van der Waals surface area contributed by atoms with Crippen LogP contribution in [0.2, 0.25) is 0 Å². The first kappa shape index (κ1) is 13.8. The molecule has 0 aromatic rings. The van der Waals surface area contributed by atoms with Crippen molar-refractivity contribution in [3.8, 4) is 0 Å². The van der Waals surface area contributed by atoms with Gasteiger partial charge in [-0.15, -0.1) is 0 Å². The molecule has 2 rings (SSSR count). The highest BCUT2D eigenvalue weighted by atomic mass is 16.5. The van der Waals surface area contributed by atoms with E-state index in [4.69, 9.17) is 10.5 Å². The van der Waals surface area contributed by atoms with Crippen LogP contribution in [0.5, 0.6) is 0 Å². The standard InChI is InChI=1S/C14H26N2O2/c1-14(7-2-8-18-10-14)16-13(17)12-5-3-11(9-15)4-6-12/h11-12H,2-10,15H2,1H3,(H,16,17). The lowest BCUT2D eigenvalue weighted by atomic mass is 9.81. The number of nitrogens with two attached hydrogens (primary N) is 1. The molecular formula is C14H26N2O2. The fraction of sp³-hybridized carbons (Fsp3) is 0.929. The third-order valence-electron chi connectivity index (χ3n) is 4.41. The first-order valence-corrected chi connectivity index (χ1v) is 7.23. The minimum Gasteiger partial charge on any atom is -0.379 e. The minimum atomic E-state index is -0.153. The Bertz CT molecular complexity index is 280. The lowest BCUT2D eigenvalue weighted by Crippen LogP contribution is -2.53. The van der Waals surface area contributed by atoms with Gasteiger partial charge in [-0.1, -0.05) is 0 Å². The molecule has 1 aliphatic carbocycles. The lowest BCUT2D eigenvalue weighted by Gasteiger charge is -2.36. The second-order valence-corrected chi connectivity index (χ2v) is 6.16. The van der Waals surface area contributed by atoms with Gasteiger partial charge in [0.1, 0.15) is 0 Å². The molecule has 0 bridgehead atoms. The average Bonchev–Trinajstić information content (AvgIpc) is 2.39. The van der Waals surface area contributed by atoms with Crippen LogP contribution in [-0.4, -0.2) is 31.2 Å². The molecule has 0 aromatic heterocycles. The van der Waals surface area contributed by atoms with Crippen LogP contribution in [0.4, 0.5) is 0 Å². The van der Waals surface area contributed by atoms with Gasteiger partial charge in [-0.3, -0.25) is 4.79 Å². The Labute approximate surface area is 110 Å². The van der Waals surface area contributed by atoms with Crippen molar-refractivity contribution in [3.63, 3.8) is 0 Å². The van der Waals surface area contributed by atoms with E-state index in [9.17, 15) is 4.79 Å². The largest absolute Gasteiger partial charge is 0.379 e. The highest BCUT2D eigenvalue weighted by Gasteiger charge is 2.33.